The van der Waals surface area contributed by atoms with Crippen LogP contribution in [-0.2, 0) is 0 Å². The zero-order chi connectivity index (χ0) is 15.0. The van der Waals surface area contributed by atoms with E-state index in [2.05, 4.69) is 44.7 Å². The summed E-state index contributed by atoms with van der Waals surface area (Å²) in [5.74, 6) is 12.4. The van der Waals surface area contributed by atoms with E-state index in [1.165, 1.54) is 23.5 Å². The minimum atomic E-state index is 0.912. The van der Waals surface area contributed by atoms with E-state index in [0.29, 0.717) is 0 Å². The highest BCUT2D eigenvalue weighted by molar-refractivity contribution is 8.08. The van der Waals surface area contributed by atoms with Crippen LogP contribution >= 0.6 is 23.5 Å². The molecule has 0 spiro atoms. The van der Waals surface area contributed by atoms with Gasteiger partial charge in [0.2, 0.25) is 0 Å². The number of rotatable bonds is 0. The van der Waals surface area contributed by atoms with Crippen molar-refractivity contribution < 1.29 is 0 Å². The Morgan fingerprint density at radius 1 is 0.455 bits per heavy atom. The van der Waals surface area contributed by atoms with Gasteiger partial charge in [0.15, 0.2) is 0 Å². The Morgan fingerprint density at radius 2 is 0.727 bits per heavy atom. The molecule has 2 heteroatoms. The molecular weight excluding hydrogens is 304 g/mol. The van der Waals surface area contributed by atoms with Crippen LogP contribution in [0.15, 0.2) is 48.5 Å². The van der Waals surface area contributed by atoms with Crippen LogP contribution in [0.2, 0.25) is 0 Å². The van der Waals surface area contributed by atoms with Gasteiger partial charge in [-0.25, -0.2) is 0 Å². The molecule has 0 saturated heterocycles. The molecule has 1 heterocycles. The normalized spacial score (nSPS) is 11.3. The van der Waals surface area contributed by atoms with E-state index in [4.69, 9.17) is 0 Å². The largest absolute Gasteiger partial charge is 0.0609 e. The van der Waals surface area contributed by atoms with E-state index in [-0.39, 0.29) is 0 Å². The van der Waals surface area contributed by atoms with Gasteiger partial charge in [0, 0.05) is 45.8 Å². The van der Waals surface area contributed by atoms with Gasteiger partial charge in [0.25, 0.3) is 0 Å². The lowest BCUT2D eigenvalue weighted by atomic mass is 10.1. The Balaban J connectivity index is 2.02. The summed E-state index contributed by atoms with van der Waals surface area (Å²) in [6.07, 6.45) is 0. The number of hydrogen-bond donors (Lipinski definition) is 0. The maximum absolute atomic E-state index is 3.10. The first-order valence-electron chi connectivity index (χ1n) is 6.47. The van der Waals surface area contributed by atoms with Crippen LogP contribution in [0, 0.1) is 44.7 Å². The van der Waals surface area contributed by atoms with Gasteiger partial charge in [-0.15, -0.1) is 0 Å². The van der Waals surface area contributed by atoms with Crippen LogP contribution in [0.4, 0.5) is 0 Å². The first-order chi connectivity index (χ1) is 10.9. The van der Waals surface area contributed by atoms with E-state index in [1.54, 1.807) is 0 Å². The molecule has 0 aliphatic carbocycles. The van der Waals surface area contributed by atoms with Gasteiger partial charge in [-0.2, -0.15) is 0 Å². The zero-order valence-corrected chi connectivity index (χ0v) is 13.1. The summed E-state index contributed by atoms with van der Waals surface area (Å²) >= 11 is 2.57. The molecule has 0 aromatic heterocycles. The number of thioether (sulfide) groups is 2. The van der Waals surface area contributed by atoms with Crippen molar-refractivity contribution in [2.45, 2.75) is 0 Å². The molecule has 2 aromatic rings. The van der Waals surface area contributed by atoms with Crippen molar-refractivity contribution in [1.82, 2.24) is 0 Å². The molecular formula is C20H8S2. The van der Waals surface area contributed by atoms with Crippen molar-refractivity contribution in [3.63, 3.8) is 0 Å². The summed E-state index contributed by atoms with van der Waals surface area (Å²) in [4.78, 5) is 0. The van der Waals surface area contributed by atoms with Crippen molar-refractivity contribution in [2.75, 3.05) is 0 Å². The summed E-state index contributed by atoms with van der Waals surface area (Å²) in [6, 6.07) is 15.7. The average Bonchev–Trinajstić information content (AvgIpc) is 2.56. The van der Waals surface area contributed by atoms with Crippen molar-refractivity contribution in [3.8, 4) is 44.7 Å². The molecule has 0 nitrogen and oxygen atoms in total. The molecule has 0 bridgehead atoms. The van der Waals surface area contributed by atoms with Crippen LogP contribution in [-0.4, -0.2) is 0 Å². The Bertz CT molecular complexity index is 796. The summed E-state index contributed by atoms with van der Waals surface area (Å²) in [5.41, 5.74) is 3.65. The number of fused-ring (bicyclic) bond motifs is 2. The van der Waals surface area contributed by atoms with Crippen LogP contribution in [0.5, 0.6) is 0 Å². The SMILES string of the molecule is C1#Cc2ccccc2C#CSC#Cc2ccccc2C#CS1. The molecule has 0 atom stereocenters. The number of hydrogen-bond acceptors (Lipinski definition) is 2. The fourth-order valence-corrected chi connectivity index (χ4v) is 2.52. The lowest BCUT2D eigenvalue weighted by Crippen LogP contribution is -1.82. The van der Waals surface area contributed by atoms with Gasteiger partial charge in [-0.1, -0.05) is 47.9 Å². The molecule has 0 amide bonds. The standard InChI is InChI=1S/C20H8S2/c1-2-6-18-10-14-22-16-12-20-8-4-3-7-19(20)11-15-21-13-9-17(18)5-1/h1-8H. The van der Waals surface area contributed by atoms with E-state index < -0.39 is 0 Å². The lowest BCUT2D eigenvalue weighted by Gasteiger charge is -1.95. The van der Waals surface area contributed by atoms with Crippen LogP contribution in [0.1, 0.15) is 22.3 Å². The van der Waals surface area contributed by atoms with Crippen LogP contribution < -0.4 is 0 Å². The van der Waals surface area contributed by atoms with Crippen molar-refractivity contribution in [3.05, 3.63) is 70.8 Å². The minimum Gasteiger partial charge on any atom is -0.0609 e. The van der Waals surface area contributed by atoms with Crippen molar-refractivity contribution in [1.29, 1.82) is 0 Å². The van der Waals surface area contributed by atoms with Crippen LogP contribution in [0.25, 0.3) is 0 Å². The molecule has 0 N–H and O–H groups in total. The van der Waals surface area contributed by atoms with E-state index in [0.717, 1.165) is 22.3 Å². The Hall–Kier alpha value is -2.62. The Labute approximate surface area is 139 Å². The summed E-state index contributed by atoms with van der Waals surface area (Å²) in [7, 11) is 0. The van der Waals surface area contributed by atoms with E-state index >= 15 is 0 Å². The molecule has 22 heavy (non-hydrogen) atoms. The van der Waals surface area contributed by atoms with Gasteiger partial charge >= 0.3 is 0 Å². The highest BCUT2D eigenvalue weighted by Gasteiger charge is 1.96. The smallest absolute Gasteiger partial charge is 0.0411 e. The molecule has 3 rings (SSSR count). The third-order valence-corrected chi connectivity index (χ3v) is 3.62. The van der Waals surface area contributed by atoms with Gasteiger partial charge in [-0.05, 0) is 45.3 Å². The fourth-order valence-electron chi connectivity index (χ4n) is 1.78. The third-order valence-electron chi connectivity index (χ3n) is 2.80. The second-order valence-corrected chi connectivity index (χ2v) is 5.43. The topological polar surface area (TPSA) is 0 Å². The molecule has 100 valence electrons. The Morgan fingerprint density at radius 3 is 1.00 bits per heavy atom. The van der Waals surface area contributed by atoms with E-state index in [1.807, 2.05) is 48.5 Å². The summed E-state index contributed by atoms with van der Waals surface area (Å²) in [5, 5.41) is 12.0. The summed E-state index contributed by atoms with van der Waals surface area (Å²) < 4.78 is 0. The second-order valence-electron chi connectivity index (χ2n) is 4.20. The molecule has 0 fully saturated rings. The molecule has 0 radical (unpaired) electrons. The molecule has 1 aliphatic heterocycles. The highest BCUT2D eigenvalue weighted by Crippen LogP contribution is 2.10. The third kappa shape index (κ3) is 3.73. The molecule has 2 aromatic carbocycles. The van der Waals surface area contributed by atoms with Crippen molar-refractivity contribution in [2.24, 2.45) is 0 Å². The van der Waals surface area contributed by atoms with Gasteiger partial charge < -0.3 is 0 Å². The Kier molecular flexibility index (Phi) is 4.82. The lowest BCUT2D eigenvalue weighted by molar-refractivity contribution is 1.59. The first-order valence-corrected chi connectivity index (χ1v) is 8.10. The predicted octanol–water partition coefficient (Wildman–Crippen LogP) is 4.10. The maximum Gasteiger partial charge on any atom is 0.0411 e. The predicted molar refractivity (Wildman–Crippen MR) is 95.6 cm³/mol. The number of benzene rings is 2. The van der Waals surface area contributed by atoms with Gasteiger partial charge in [0.05, 0.1) is 0 Å². The fraction of sp³-hybridized carbons (Fsp3) is 0. The molecule has 0 saturated carbocycles. The van der Waals surface area contributed by atoms with E-state index in [9.17, 15) is 0 Å². The average molecular weight is 312 g/mol. The second kappa shape index (κ2) is 7.41. The van der Waals surface area contributed by atoms with Gasteiger partial charge in [0.1, 0.15) is 0 Å². The first kappa shape index (κ1) is 14.3. The zero-order valence-electron chi connectivity index (χ0n) is 11.4. The highest BCUT2D eigenvalue weighted by atomic mass is 32.2. The van der Waals surface area contributed by atoms with Crippen LogP contribution in [0.3, 0.4) is 0 Å². The van der Waals surface area contributed by atoms with Crippen molar-refractivity contribution >= 4 is 23.5 Å². The minimum absolute atomic E-state index is 0.912. The quantitative estimate of drug-likeness (QED) is 0.672. The monoisotopic (exact) mass is 312 g/mol. The molecule has 0 unspecified atom stereocenters. The van der Waals surface area contributed by atoms with Gasteiger partial charge in [-0.3, -0.25) is 0 Å². The summed E-state index contributed by atoms with van der Waals surface area (Å²) in [6.45, 7) is 0. The molecule has 1 aliphatic rings. The maximum atomic E-state index is 3.10.